The molecule has 1 saturated heterocycles. The van der Waals surface area contributed by atoms with Crippen molar-refractivity contribution in [3.63, 3.8) is 0 Å². The lowest BCUT2D eigenvalue weighted by atomic mass is 10.1. The number of thiazole rings is 1. The van der Waals surface area contributed by atoms with Crippen molar-refractivity contribution in [1.82, 2.24) is 9.88 Å². The van der Waals surface area contributed by atoms with Gasteiger partial charge in [0.05, 0.1) is 26.0 Å². The van der Waals surface area contributed by atoms with E-state index in [1.54, 1.807) is 46.7 Å². The number of benzene rings is 2. The third-order valence-corrected chi connectivity index (χ3v) is 5.78. The van der Waals surface area contributed by atoms with Crippen molar-refractivity contribution in [1.29, 1.82) is 0 Å². The molecule has 0 aliphatic carbocycles. The molecule has 1 N–H and O–H groups in total. The molecular formula is C23H22FN3O5S. The van der Waals surface area contributed by atoms with Crippen LogP contribution in [0.25, 0.3) is 11.3 Å². The zero-order chi connectivity index (χ0) is 23.2. The molecule has 2 aromatic carbocycles. The van der Waals surface area contributed by atoms with Crippen molar-refractivity contribution in [2.24, 2.45) is 0 Å². The Hall–Kier alpha value is -3.50. The van der Waals surface area contributed by atoms with Gasteiger partial charge in [0.15, 0.2) is 11.7 Å². The lowest BCUT2D eigenvalue weighted by Gasteiger charge is -2.26. The Morgan fingerprint density at radius 2 is 1.88 bits per heavy atom. The van der Waals surface area contributed by atoms with E-state index in [4.69, 9.17) is 14.2 Å². The van der Waals surface area contributed by atoms with Crippen molar-refractivity contribution >= 4 is 28.3 Å². The topological polar surface area (TPSA) is 90.0 Å². The molecule has 0 saturated carbocycles. The molecule has 2 amide bonds. The molecule has 0 atom stereocenters. The fraction of sp³-hybridized carbons (Fsp3) is 0.261. The van der Waals surface area contributed by atoms with Gasteiger partial charge in [0, 0.05) is 35.7 Å². The highest BCUT2D eigenvalue weighted by atomic mass is 32.1. The number of hydrogen-bond acceptors (Lipinski definition) is 7. The molecule has 0 unspecified atom stereocenters. The fourth-order valence-electron chi connectivity index (χ4n) is 3.21. The number of morpholine rings is 1. The molecule has 0 spiro atoms. The molecule has 3 aromatic rings. The summed E-state index contributed by atoms with van der Waals surface area (Å²) in [5.74, 6) is -0.0205. The summed E-state index contributed by atoms with van der Waals surface area (Å²) in [6.07, 6.45) is 0. The quantitative estimate of drug-likeness (QED) is 0.568. The molecule has 0 bridgehead atoms. The van der Waals surface area contributed by atoms with Gasteiger partial charge >= 0.3 is 0 Å². The summed E-state index contributed by atoms with van der Waals surface area (Å²) in [5.41, 5.74) is 1.14. The predicted octanol–water partition coefficient (Wildman–Crippen LogP) is 3.45. The number of carbonyl (C=O) groups excluding carboxylic acids is 2. The maximum atomic E-state index is 14.3. The van der Waals surface area contributed by atoms with E-state index in [0.717, 1.165) is 0 Å². The first-order valence-corrected chi connectivity index (χ1v) is 11.1. The van der Waals surface area contributed by atoms with Crippen LogP contribution in [0.5, 0.6) is 11.5 Å². The van der Waals surface area contributed by atoms with Crippen LogP contribution in [0.1, 0.15) is 10.4 Å². The highest BCUT2D eigenvalue weighted by Crippen LogP contribution is 2.29. The Labute approximate surface area is 193 Å². The van der Waals surface area contributed by atoms with Crippen LogP contribution in [-0.2, 0) is 9.53 Å². The second-order valence-corrected chi connectivity index (χ2v) is 8.00. The van der Waals surface area contributed by atoms with Gasteiger partial charge in [-0.3, -0.25) is 14.9 Å². The average Bonchev–Trinajstić information content (AvgIpc) is 3.31. The van der Waals surface area contributed by atoms with Crippen LogP contribution in [0.2, 0.25) is 0 Å². The predicted molar refractivity (Wildman–Crippen MR) is 121 cm³/mol. The van der Waals surface area contributed by atoms with E-state index < -0.39 is 5.82 Å². The molecule has 1 fully saturated rings. The Morgan fingerprint density at radius 3 is 2.58 bits per heavy atom. The van der Waals surface area contributed by atoms with E-state index in [1.807, 2.05) is 0 Å². The summed E-state index contributed by atoms with van der Waals surface area (Å²) in [6, 6.07) is 11.0. The standard InChI is InChI=1S/C23H22FN3O5S/c1-30-17-6-7-18(19(24)12-17)20-14-33-23(25-20)26-22(29)15-2-4-16(5-3-15)32-13-21(28)27-8-10-31-11-9-27/h2-7,12,14H,8-11,13H2,1H3,(H,25,26,29). The van der Waals surface area contributed by atoms with Gasteiger partial charge in [-0.1, -0.05) is 0 Å². The first kappa shape index (κ1) is 22.7. The van der Waals surface area contributed by atoms with Gasteiger partial charge in [0.25, 0.3) is 11.8 Å². The number of nitrogens with one attached hydrogen (secondary N) is 1. The summed E-state index contributed by atoms with van der Waals surface area (Å²) in [7, 11) is 1.47. The van der Waals surface area contributed by atoms with Crippen molar-refractivity contribution in [3.8, 4) is 22.8 Å². The number of halogens is 1. The van der Waals surface area contributed by atoms with Crippen LogP contribution in [0.15, 0.2) is 47.8 Å². The van der Waals surface area contributed by atoms with Gasteiger partial charge in [-0.15, -0.1) is 11.3 Å². The molecule has 172 valence electrons. The minimum atomic E-state index is -0.458. The highest BCUT2D eigenvalue weighted by Gasteiger charge is 2.17. The van der Waals surface area contributed by atoms with E-state index in [9.17, 15) is 14.0 Å². The molecular weight excluding hydrogens is 449 g/mol. The number of aromatic nitrogens is 1. The van der Waals surface area contributed by atoms with Crippen molar-refractivity contribution in [2.45, 2.75) is 0 Å². The van der Waals surface area contributed by atoms with Crippen LogP contribution < -0.4 is 14.8 Å². The van der Waals surface area contributed by atoms with Crippen molar-refractivity contribution in [2.75, 3.05) is 45.3 Å². The monoisotopic (exact) mass is 471 g/mol. The minimum absolute atomic E-state index is 0.0741. The Balaban J connectivity index is 1.33. The maximum absolute atomic E-state index is 14.3. The Morgan fingerprint density at radius 1 is 1.15 bits per heavy atom. The normalized spacial score (nSPS) is 13.5. The SMILES string of the molecule is COc1ccc(-c2csc(NC(=O)c3ccc(OCC(=O)N4CCOCC4)cc3)n2)c(F)c1. The number of hydrogen-bond donors (Lipinski definition) is 1. The number of nitrogens with zero attached hydrogens (tertiary/aromatic N) is 2. The molecule has 0 radical (unpaired) electrons. The molecule has 1 aromatic heterocycles. The highest BCUT2D eigenvalue weighted by molar-refractivity contribution is 7.14. The van der Waals surface area contributed by atoms with Gasteiger partial charge in [-0.25, -0.2) is 9.37 Å². The lowest BCUT2D eigenvalue weighted by molar-refractivity contribution is -0.137. The molecule has 1 aliphatic heterocycles. The minimum Gasteiger partial charge on any atom is -0.497 e. The summed E-state index contributed by atoms with van der Waals surface area (Å²) in [4.78, 5) is 30.7. The van der Waals surface area contributed by atoms with Crippen LogP contribution in [0.4, 0.5) is 9.52 Å². The van der Waals surface area contributed by atoms with Gasteiger partial charge in [-0.05, 0) is 36.4 Å². The van der Waals surface area contributed by atoms with E-state index >= 15 is 0 Å². The van der Waals surface area contributed by atoms with Crippen molar-refractivity contribution in [3.05, 3.63) is 59.2 Å². The molecule has 8 nitrogen and oxygen atoms in total. The van der Waals surface area contributed by atoms with Gasteiger partial charge < -0.3 is 19.1 Å². The van der Waals surface area contributed by atoms with Gasteiger partial charge in [0.1, 0.15) is 17.3 Å². The smallest absolute Gasteiger partial charge is 0.260 e. The third kappa shape index (κ3) is 5.65. The number of methoxy groups -OCH3 is 1. The lowest BCUT2D eigenvalue weighted by Crippen LogP contribution is -2.42. The zero-order valence-electron chi connectivity index (χ0n) is 17.9. The Bertz CT molecular complexity index is 1130. The van der Waals surface area contributed by atoms with E-state index in [0.29, 0.717) is 59.8 Å². The van der Waals surface area contributed by atoms with Crippen LogP contribution in [0.3, 0.4) is 0 Å². The zero-order valence-corrected chi connectivity index (χ0v) is 18.7. The molecule has 10 heteroatoms. The summed E-state index contributed by atoms with van der Waals surface area (Å²) < 4.78 is 30.0. The van der Waals surface area contributed by atoms with Crippen LogP contribution >= 0.6 is 11.3 Å². The number of anilines is 1. The number of ether oxygens (including phenoxy) is 3. The molecule has 33 heavy (non-hydrogen) atoms. The molecule has 1 aliphatic rings. The van der Waals surface area contributed by atoms with E-state index in [2.05, 4.69) is 10.3 Å². The molecule has 2 heterocycles. The van der Waals surface area contributed by atoms with E-state index in [-0.39, 0.29) is 18.4 Å². The van der Waals surface area contributed by atoms with E-state index in [1.165, 1.54) is 24.5 Å². The summed E-state index contributed by atoms with van der Waals surface area (Å²) in [5, 5.41) is 4.73. The van der Waals surface area contributed by atoms with Crippen molar-refractivity contribution < 1.29 is 28.2 Å². The second-order valence-electron chi connectivity index (χ2n) is 7.14. The first-order valence-electron chi connectivity index (χ1n) is 10.2. The summed E-state index contributed by atoms with van der Waals surface area (Å²) >= 11 is 1.20. The largest absolute Gasteiger partial charge is 0.497 e. The second kappa shape index (κ2) is 10.4. The number of carbonyl (C=O) groups is 2. The first-order chi connectivity index (χ1) is 16.0. The number of amides is 2. The molecule has 4 rings (SSSR count). The number of rotatable bonds is 7. The van der Waals surface area contributed by atoms with Gasteiger partial charge in [0.2, 0.25) is 0 Å². The third-order valence-electron chi connectivity index (χ3n) is 5.02. The Kier molecular flexibility index (Phi) is 7.16. The van der Waals surface area contributed by atoms with Gasteiger partial charge in [-0.2, -0.15) is 0 Å². The maximum Gasteiger partial charge on any atom is 0.260 e. The van der Waals surface area contributed by atoms with Crippen LogP contribution in [-0.4, -0.2) is 61.7 Å². The summed E-state index contributed by atoms with van der Waals surface area (Å²) in [6.45, 7) is 2.11. The van der Waals surface area contributed by atoms with Crippen LogP contribution in [0, 0.1) is 5.82 Å². The average molecular weight is 472 g/mol. The fourth-order valence-corrected chi connectivity index (χ4v) is 3.91.